The van der Waals surface area contributed by atoms with E-state index in [9.17, 15) is 14.4 Å². The van der Waals surface area contributed by atoms with Gasteiger partial charge in [0.25, 0.3) is 5.56 Å². The maximum atomic E-state index is 14.1. The molecule has 226 valence electrons. The van der Waals surface area contributed by atoms with Crippen molar-refractivity contribution in [1.82, 2.24) is 4.57 Å². The highest BCUT2D eigenvalue weighted by atomic mass is 32.1. The summed E-state index contributed by atoms with van der Waals surface area (Å²) in [7, 11) is 5.85. The first-order valence-corrected chi connectivity index (χ1v) is 14.3. The number of methoxy groups -OCH3 is 4. The Morgan fingerprint density at radius 2 is 1.57 bits per heavy atom. The third kappa shape index (κ3) is 5.86. The summed E-state index contributed by atoms with van der Waals surface area (Å²) in [4.78, 5) is 44.9. The van der Waals surface area contributed by atoms with Crippen LogP contribution in [-0.4, -0.2) is 44.9 Å². The third-order valence-corrected chi connectivity index (χ3v) is 8.07. The molecule has 1 aromatic heterocycles. The molecule has 0 N–H and O–H groups in total. The monoisotopic (exact) mass is 614 g/mol. The molecule has 0 radical (unpaired) electrons. The molecule has 0 fully saturated rings. The number of hydrogen-bond acceptors (Lipinski definition) is 10. The molecule has 2 heterocycles. The molecule has 0 aliphatic carbocycles. The summed E-state index contributed by atoms with van der Waals surface area (Å²) >= 11 is 1.19. The second kappa shape index (κ2) is 13.0. The van der Waals surface area contributed by atoms with Crippen molar-refractivity contribution in [2.24, 2.45) is 4.99 Å². The number of thiazole rings is 1. The zero-order valence-electron chi connectivity index (χ0n) is 24.8. The number of hydrogen-bond donors (Lipinski definition) is 0. The minimum atomic E-state index is -0.858. The van der Waals surface area contributed by atoms with Crippen LogP contribution in [0.5, 0.6) is 17.2 Å². The first-order chi connectivity index (χ1) is 21.3. The van der Waals surface area contributed by atoms with Gasteiger partial charge in [0.1, 0.15) is 6.61 Å². The molecule has 0 spiro atoms. The van der Waals surface area contributed by atoms with E-state index >= 15 is 0 Å². The zero-order valence-corrected chi connectivity index (χ0v) is 25.6. The lowest BCUT2D eigenvalue weighted by atomic mass is 9.95. The third-order valence-electron chi connectivity index (χ3n) is 7.09. The number of carbonyl (C=O) groups is 2. The molecule has 1 unspecified atom stereocenters. The van der Waals surface area contributed by atoms with E-state index in [0.29, 0.717) is 49.0 Å². The highest BCUT2D eigenvalue weighted by Crippen LogP contribution is 2.38. The van der Waals surface area contributed by atoms with Crippen LogP contribution in [0.1, 0.15) is 40.0 Å². The van der Waals surface area contributed by atoms with Gasteiger partial charge in [-0.3, -0.25) is 9.36 Å². The van der Waals surface area contributed by atoms with Gasteiger partial charge in [-0.2, -0.15) is 0 Å². The standard InChI is InChI=1S/C33H30N2O8S/c1-19-27(32(38)43-18-20-9-7-6-8-10-20)28(22-11-13-23(14-12-22)31(37)42-5)35-30(36)26(44-33(35)34-19)17-21-15-24(39-2)29(41-4)25(16-21)40-3/h6-17,28H,18H2,1-5H3. The molecule has 1 atom stereocenters. The van der Waals surface area contributed by atoms with Gasteiger partial charge in [0.2, 0.25) is 5.75 Å². The van der Waals surface area contributed by atoms with Gasteiger partial charge in [-0.1, -0.05) is 53.8 Å². The Labute approximate surface area is 257 Å². The van der Waals surface area contributed by atoms with Gasteiger partial charge in [0.05, 0.1) is 55.8 Å². The van der Waals surface area contributed by atoms with Crippen LogP contribution < -0.4 is 29.1 Å². The second-order valence-corrected chi connectivity index (χ2v) is 10.7. The molecule has 10 nitrogen and oxygen atoms in total. The van der Waals surface area contributed by atoms with Crippen molar-refractivity contribution in [2.45, 2.75) is 19.6 Å². The van der Waals surface area contributed by atoms with Crippen LogP contribution in [0.4, 0.5) is 0 Å². The molecule has 0 amide bonds. The van der Waals surface area contributed by atoms with E-state index in [2.05, 4.69) is 4.99 Å². The van der Waals surface area contributed by atoms with Crippen molar-refractivity contribution in [3.63, 3.8) is 0 Å². The Bertz CT molecular complexity index is 1900. The Morgan fingerprint density at radius 3 is 2.16 bits per heavy atom. The largest absolute Gasteiger partial charge is 0.493 e. The summed E-state index contributed by atoms with van der Waals surface area (Å²) < 4.78 is 28.8. The first-order valence-electron chi connectivity index (χ1n) is 13.5. The summed E-state index contributed by atoms with van der Waals surface area (Å²) in [5.41, 5.74) is 2.68. The Kier molecular flexibility index (Phi) is 8.96. The van der Waals surface area contributed by atoms with Crippen LogP contribution in [0.15, 0.2) is 87.8 Å². The number of aromatic nitrogens is 1. The van der Waals surface area contributed by atoms with Crippen molar-refractivity contribution in [1.29, 1.82) is 0 Å². The van der Waals surface area contributed by atoms with Gasteiger partial charge >= 0.3 is 11.9 Å². The number of benzene rings is 3. The van der Waals surface area contributed by atoms with E-state index in [1.807, 2.05) is 30.3 Å². The lowest BCUT2D eigenvalue weighted by molar-refractivity contribution is -0.140. The molecule has 4 aromatic rings. The summed E-state index contributed by atoms with van der Waals surface area (Å²) in [6, 6.07) is 18.5. The lowest BCUT2D eigenvalue weighted by Crippen LogP contribution is -2.39. The zero-order chi connectivity index (χ0) is 31.4. The van der Waals surface area contributed by atoms with E-state index in [4.69, 9.17) is 23.7 Å². The quantitative estimate of drug-likeness (QED) is 0.262. The number of rotatable bonds is 9. The van der Waals surface area contributed by atoms with Gasteiger partial charge in [-0.25, -0.2) is 14.6 Å². The van der Waals surface area contributed by atoms with Crippen LogP contribution in [-0.2, 0) is 20.9 Å². The number of nitrogens with zero attached hydrogens (tertiary/aromatic N) is 2. The molecule has 1 aliphatic heterocycles. The molecular weight excluding hydrogens is 584 g/mol. The van der Waals surface area contributed by atoms with Crippen molar-refractivity contribution in [3.05, 3.63) is 120 Å². The normalized spacial score (nSPS) is 14.4. The van der Waals surface area contributed by atoms with E-state index in [0.717, 1.165) is 5.56 Å². The molecule has 44 heavy (non-hydrogen) atoms. The summed E-state index contributed by atoms with van der Waals surface area (Å²) in [6.07, 6.45) is 1.71. The van der Waals surface area contributed by atoms with E-state index in [-0.39, 0.29) is 17.7 Å². The van der Waals surface area contributed by atoms with E-state index in [1.165, 1.54) is 44.3 Å². The molecule has 3 aromatic carbocycles. The average molecular weight is 615 g/mol. The molecular formula is C33H30N2O8S. The summed E-state index contributed by atoms with van der Waals surface area (Å²) in [6.45, 7) is 1.77. The fraction of sp³-hybridized carbons (Fsp3) is 0.212. The highest BCUT2D eigenvalue weighted by Gasteiger charge is 2.33. The predicted octanol–water partition coefficient (Wildman–Crippen LogP) is 3.79. The molecule has 0 bridgehead atoms. The Morgan fingerprint density at radius 1 is 0.909 bits per heavy atom. The lowest BCUT2D eigenvalue weighted by Gasteiger charge is -2.25. The van der Waals surface area contributed by atoms with Crippen LogP contribution >= 0.6 is 11.3 Å². The van der Waals surface area contributed by atoms with E-state index < -0.39 is 18.0 Å². The fourth-order valence-electron chi connectivity index (χ4n) is 4.95. The Balaban J connectivity index is 1.64. The van der Waals surface area contributed by atoms with Crippen LogP contribution in [0.2, 0.25) is 0 Å². The van der Waals surface area contributed by atoms with Crippen molar-refractivity contribution in [2.75, 3.05) is 28.4 Å². The highest BCUT2D eigenvalue weighted by molar-refractivity contribution is 7.07. The summed E-state index contributed by atoms with van der Waals surface area (Å²) in [5.74, 6) is 0.205. The van der Waals surface area contributed by atoms with Crippen molar-refractivity contribution >= 4 is 29.4 Å². The van der Waals surface area contributed by atoms with Gasteiger partial charge in [-0.15, -0.1) is 0 Å². The number of allylic oxidation sites excluding steroid dienone is 1. The molecule has 0 saturated carbocycles. The molecule has 11 heteroatoms. The van der Waals surface area contributed by atoms with Crippen molar-refractivity contribution < 1.29 is 33.3 Å². The van der Waals surface area contributed by atoms with E-state index in [1.54, 1.807) is 49.4 Å². The first kappa shape index (κ1) is 30.3. The smallest absolute Gasteiger partial charge is 0.338 e. The average Bonchev–Trinajstić information content (AvgIpc) is 3.35. The maximum Gasteiger partial charge on any atom is 0.338 e. The molecule has 0 saturated heterocycles. The van der Waals surface area contributed by atoms with Crippen LogP contribution in [0, 0.1) is 0 Å². The summed E-state index contributed by atoms with van der Waals surface area (Å²) in [5, 5.41) is 0. The predicted molar refractivity (Wildman–Crippen MR) is 164 cm³/mol. The fourth-order valence-corrected chi connectivity index (χ4v) is 6.00. The molecule has 1 aliphatic rings. The van der Waals surface area contributed by atoms with Gasteiger partial charge < -0.3 is 23.7 Å². The molecule has 5 rings (SSSR count). The SMILES string of the molecule is COC(=O)c1ccc(C2C(C(=O)OCc3ccccc3)=C(C)N=c3sc(=Cc4cc(OC)c(OC)c(OC)c4)c(=O)n32)cc1. The minimum absolute atomic E-state index is 0.0516. The van der Waals surface area contributed by atoms with Crippen LogP contribution in [0.3, 0.4) is 0 Å². The van der Waals surface area contributed by atoms with Gasteiger partial charge in [-0.05, 0) is 54.0 Å². The second-order valence-electron chi connectivity index (χ2n) is 9.72. The van der Waals surface area contributed by atoms with Crippen molar-refractivity contribution in [3.8, 4) is 17.2 Å². The Hall–Kier alpha value is -5.16. The van der Waals surface area contributed by atoms with Crippen LogP contribution in [0.25, 0.3) is 6.08 Å². The number of esters is 2. The minimum Gasteiger partial charge on any atom is -0.493 e. The number of carbonyl (C=O) groups excluding carboxylic acids is 2. The van der Waals surface area contributed by atoms with Gasteiger partial charge in [0, 0.05) is 0 Å². The van der Waals surface area contributed by atoms with Gasteiger partial charge in [0.15, 0.2) is 16.3 Å². The topological polar surface area (TPSA) is 115 Å². The number of fused-ring (bicyclic) bond motifs is 1. The number of ether oxygens (including phenoxy) is 5. The maximum absolute atomic E-state index is 14.1.